The van der Waals surface area contributed by atoms with Gasteiger partial charge in [-0.05, 0) is 62.6 Å². The van der Waals surface area contributed by atoms with Crippen molar-refractivity contribution in [3.8, 4) is 5.75 Å². The van der Waals surface area contributed by atoms with Gasteiger partial charge in [-0.25, -0.2) is 0 Å². The van der Waals surface area contributed by atoms with Crippen LogP contribution in [-0.4, -0.2) is 36.4 Å². The number of rotatable bonds is 5. The predicted octanol–water partition coefficient (Wildman–Crippen LogP) is 3.34. The number of amides is 2. The number of anilines is 1. The summed E-state index contributed by atoms with van der Waals surface area (Å²) in [6.45, 7) is 7.24. The normalized spacial score (nSPS) is 13.3. The Bertz CT molecular complexity index is 825. The molecule has 5 heteroatoms. The average molecular weight is 352 g/mol. The topological polar surface area (TPSA) is 58.6 Å². The molecule has 1 heterocycles. The number of nitrogens with one attached hydrogen (secondary N) is 1. The number of benzene rings is 2. The van der Waals surface area contributed by atoms with Crippen LogP contribution in [0.5, 0.6) is 5.75 Å². The van der Waals surface area contributed by atoms with Crippen molar-refractivity contribution < 1.29 is 14.3 Å². The van der Waals surface area contributed by atoms with Crippen molar-refractivity contribution in [1.29, 1.82) is 0 Å². The van der Waals surface area contributed by atoms with Gasteiger partial charge < -0.3 is 15.0 Å². The molecule has 0 aromatic heterocycles. The van der Waals surface area contributed by atoms with Crippen LogP contribution in [0.15, 0.2) is 36.4 Å². The van der Waals surface area contributed by atoms with E-state index in [4.69, 9.17) is 4.74 Å². The molecule has 5 nitrogen and oxygen atoms in total. The molecule has 2 aromatic carbocycles. The van der Waals surface area contributed by atoms with Crippen molar-refractivity contribution in [2.75, 3.05) is 25.0 Å². The molecule has 26 heavy (non-hydrogen) atoms. The van der Waals surface area contributed by atoms with Crippen molar-refractivity contribution in [2.45, 2.75) is 27.2 Å². The van der Waals surface area contributed by atoms with Gasteiger partial charge in [0, 0.05) is 29.9 Å². The second kappa shape index (κ2) is 7.60. The first kappa shape index (κ1) is 18.0. The Morgan fingerprint density at radius 3 is 2.62 bits per heavy atom. The van der Waals surface area contributed by atoms with Crippen molar-refractivity contribution in [3.63, 3.8) is 0 Å². The molecule has 0 unspecified atom stereocenters. The number of ether oxygens (including phenoxy) is 1. The highest BCUT2D eigenvalue weighted by atomic mass is 16.5. The third kappa shape index (κ3) is 3.87. The van der Waals surface area contributed by atoms with Crippen LogP contribution >= 0.6 is 0 Å². The maximum absolute atomic E-state index is 12.4. The van der Waals surface area contributed by atoms with Crippen LogP contribution < -0.4 is 10.1 Å². The Morgan fingerprint density at radius 1 is 1.19 bits per heavy atom. The molecule has 1 aliphatic rings. The summed E-state index contributed by atoms with van der Waals surface area (Å²) in [5.74, 6) is 0.422. The summed E-state index contributed by atoms with van der Waals surface area (Å²) in [7, 11) is 0. The molecule has 2 aromatic rings. The van der Waals surface area contributed by atoms with Crippen LogP contribution in [0.25, 0.3) is 0 Å². The fourth-order valence-corrected chi connectivity index (χ4v) is 3.37. The standard InChI is InChI=1S/C21H24N2O3/c1-4-23-9-8-17-18(21(23)25)6-5-7-19(17)26-13-20(24)22-16-11-14(2)10-15(3)12-16/h5-7,10-12H,4,8-9,13H2,1-3H3,(H,22,24). The maximum Gasteiger partial charge on any atom is 0.262 e. The highest BCUT2D eigenvalue weighted by molar-refractivity contribution is 5.97. The highest BCUT2D eigenvalue weighted by Gasteiger charge is 2.25. The molecule has 1 N–H and O–H groups in total. The second-order valence-electron chi connectivity index (χ2n) is 6.63. The Labute approximate surface area is 154 Å². The van der Waals surface area contributed by atoms with Crippen LogP contribution in [0.2, 0.25) is 0 Å². The molecule has 136 valence electrons. The third-order valence-electron chi connectivity index (χ3n) is 4.53. The first-order valence-corrected chi connectivity index (χ1v) is 8.90. The molecule has 3 rings (SSSR count). The second-order valence-corrected chi connectivity index (χ2v) is 6.63. The Balaban J connectivity index is 1.68. The van der Waals surface area contributed by atoms with Gasteiger partial charge in [0.15, 0.2) is 6.61 Å². The van der Waals surface area contributed by atoms with Crippen molar-refractivity contribution in [1.82, 2.24) is 4.90 Å². The van der Waals surface area contributed by atoms with E-state index in [1.807, 2.05) is 49.9 Å². The summed E-state index contributed by atoms with van der Waals surface area (Å²) in [4.78, 5) is 26.5. The Kier molecular flexibility index (Phi) is 5.26. The van der Waals surface area contributed by atoms with E-state index in [-0.39, 0.29) is 18.4 Å². The van der Waals surface area contributed by atoms with E-state index in [0.717, 1.165) is 28.8 Å². The molecule has 0 saturated heterocycles. The van der Waals surface area contributed by atoms with Gasteiger partial charge in [-0.2, -0.15) is 0 Å². The van der Waals surface area contributed by atoms with Crippen LogP contribution in [-0.2, 0) is 11.2 Å². The lowest BCUT2D eigenvalue weighted by Crippen LogP contribution is -2.37. The minimum Gasteiger partial charge on any atom is -0.483 e. The summed E-state index contributed by atoms with van der Waals surface area (Å²) in [5.41, 5.74) is 4.52. The summed E-state index contributed by atoms with van der Waals surface area (Å²) in [5, 5.41) is 2.86. The van der Waals surface area contributed by atoms with Gasteiger partial charge in [0.25, 0.3) is 11.8 Å². The number of fused-ring (bicyclic) bond motifs is 1. The number of hydrogen-bond acceptors (Lipinski definition) is 3. The zero-order valence-corrected chi connectivity index (χ0v) is 15.5. The fraction of sp³-hybridized carbons (Fsp3) is 0.333. The minimum absolute atomic E-state index is 0.0267. The first-order chi connectivity index (χ1) is 12.5. The molecule has 0 radical (unpaired) electrons. The molecule has 0 saturated carbocycles. The quantitative estimate of drug-likeness (QED) is 0.898. The van der Waals surface area contributed by atoms with Gasteiger partial charge in [0.2, 0.25) is 0 Å². The molecule has 1 aliphatic heterocycles. The number of hydrogen-bond donors (Lipinski definition) is 1. The van der Waals surface area contributed by atoms with Crippen molar-refractivity contribution in [3.05, 3.63) is 58.7 Å². The van der Waals surface area contributed by atoms with Crippen LogP contribution in [0.4, 0.5) is 5.69 Å². The van der Waals surface area contributed by atoms with Gasteiger partial charge >= 0.3 is 0 Å². The summed E-state index contributed by atoms with van der Waals surface area (Å²) < 4.78 is 5.73. The lowest BCUT2D eigenvalue weighted by atomic mass is 9.98. The van der Waals surface area contributed by atoms with E-state index in [1.54, 1.807) is 6.07 Å². The lowest BCUT2D eigenvalue weighted by molar-refractivity contribution is -0.118. The van der Waals surface area contributed by atoms with Gasteiger partial charge in [-0.1, -0.05) is 12.1 Å². The van der Waals surface area contributed by atoms with Crippen molar-refractivity contribution in [2.24, 2.45) is 0 Å². The number of nitrogens with zero attached hydrogens (tertiary/aromatic N) is 1. The fourth-order valence-electron chi connectivity index (χ4n) is 3.37. The van der Waals surface area contributed by atoms with E-state index < -0.39 is 0 Å². The number of carbonyl (C=O) groups is 2. The maximum atomic E-state index is 12.4. The molecule has 0 bridgehead atoms. The molecular formula is C21H24N2O3. The molecular weight excluding hydrogens is 328 g/mol. The third-order valence-corrected chi connectivity index (χ3v) is 4.53. The van der Waals surface area contributed by atoms with E-state index in [2.05, 4.69) is 11.4 Å². The Morgan fingerprint density at radius 2 is 1.92 bits per heavy atom. The Hall–Kier alpha value is -2.82. The number of carbonyl (C=O) groups excluding carboxylic acids is 2. The summed E-state index contributed by atoms with van der Waals surface area (Å²) in [6.07, 6.45) is 0.740. The summed E-state index contributed by atoms with van der Waals surface area (Å²) >= 11 is 0. The monoisotopic (exact) mass is 352 g/mol. The zero-order chi connectivity index (χ0) is 18.7. The number of aryl methyl sites for hydroxylation is 2. The zero-order valence-electron chi connectivity index (χ0n) is 15.5. The van der Waals surface area contributed by atoms with Crippen LogP contribution in [0.1, 0.15) is 34.0 Å². The predicted molar refractivity (Wildman–Crippen MR) is 102 cm³/mol. The number of likely N-dealkylation sites (N-methyl/N-ethyl adjacent to an activating group) is 1. The van der Waals surface area contributed by atoms with E-state index in [9.17, 15) is 9.59 Å². The van der Waals surface area contributed by atoms with Gasteiger partial charge in [0.1, 0.15) is 5.75 Å². The lowest BCUT2D eigenvalue weighted by Gasteiger charge is -2.28. The van der Waals surface area contributed by atoms with Crippen LogP contribution in [0, 0.1) is 13.8 Å². The SMILES string of the molecule is CCN1CCc2c(OCC(=O)Nc3cc(C)cc(C)c3)cccc2C1=O. The minimum atomic E-state index is -0.218. The average Bonchev–Trinajstić information content (AvgIpc) is 2.59. The van der Waals surface area contributed by atoms with Gasteiger partial charge in [-0.3, -0.25) is 9.59 Å². The molecule has 0 atom stereocenters. The van der Waals surface area contributed by atoms with Crippen molar-refractivity contribution >= 4 is 17.5 Å². The van der Waals surface area contributed by atoms with E-state index >= 15 is 0 Å². The van der Waals surface area contributed by atoms with E-state index in [1.165, 1.54) is 0 Å². The first-order valence-electron chi connectivity index (χ1n) is 8.90. The summed E-state index contributed by atoms with van der Waals surface area (Å²) in [6, 6.07) is 11.3. The van der Waals surface area contributed by atoms with E-state index in [0.29, 0.717) is 24.4 Å². The van der Waals surface area contributed by atoms with Gasteiger partial charge in [-0.15, -0.1) is 0 Å². The smallest absolute Gasteiger partial charge is 0.262 e. The van der Waals surface area contributed by atoms with Gasteiger partial charge in [0.05, 0.1) is 0 Å². The highest BCUT2D eigenvalue weighted by Crippen LogP contribution is 2.28. The molecule has 0 aliphatic carbocycles. The molecule has 0 spiro atoms. The molecule has 2 amide bonds. The molecule has 0 fully saturated rings. The largest absolute Gasteiger partial charge is 0.483 e. The van der Waals surface area contributed by atoms with Crippen LogP contribution in [0.3, 0.4) is 0 Å².